The third-order valence-electron chi connectivity index (χ3n) is 3.73. The molecule has 0 spiro atoms. The van der Waals surface area contributed by atoms with E-state index in [0.717, 1.165) is 12.8 Å². The van der Waals surface area contributed by atoms with Gasteiger partial charge in [0, 0.05) is 24.5 Å². The van der Waals surface area contributed by atoms with Crippen LogP contribution >= 0.6 is 11.3 Å². The average molecular weight is 296 g/mol. The summed E-state index contributed by atoms with van der Waals surface area (Å²) in [6.45, 7) is 3.21. The quantitative estimate of drug-likeness (QED) is 0.895. The third-order valence-corrected chi connectivity index (χ3v) is 4.66. The van der Waals surface area contributed by atoms with Crippen LogP contribution in [0.25, 0.3) is 0 Å². The molecule has 20 heavy (non-hydrogen) atoms. The van der Waals surface area contributed by atoms with Crippen molar-refractivity contribution < 1.29 is 14.7 Å². The van der Waals surface area contributed by atoms with E-state index in [0.29, 0.717) is 19.5 Å². The molecule has 6 heteroatoms. The number of carbonyl (C=O) groups is 2. The Morgan fingerprint density at radius 1 is 1.55 bits per heavy atom. The minimum absolute atomic E-state index is 0.159. The van der Waals surface area contributed by atoms with Crippen LogP contribution in [0.3, 0.4) is 0 Å². The number of carboxylic acids is 1. The lowest BCUT2D eigenvalue weighted by molar-refractivity contribution is -0.150. The van der Waals surface area contributed by atoms with Crippen molar-refractivity contribution >= 4 is 23.3 Å². The molecule has 1 aromatic heterocycles. The van der Waals surface area contributed by atoms with Gasteiger partial charge in [-0.2, -0.15) is 0 Å². The first kappa shape index (κ1) is 14.8. The van der Waals surface area contributed by atoms with Gasteiger partial charge in [-0.25, -0.2) is 4.79 Å². The lowest BCUT2D eigenvalue weighted by atomic mass is 9.82. The van der Waals surface area contributed by atoms with E-state index in [1.165, 1.54) is 4.88 Å². The van der Waals surface area contributed by atoms with Crippen molar-refractivity contribution in [1.82, 2.24) is 10.2 Å². The van der Waals surface area contributed by atoms with E-state index in [2.05, 4.69) is 5.32 Å². The Balaban J connectivity index is 1.81. The molecule has 1 fully saturated rings. The molecule has 2 N–H and O–H groups in total. The van der Waals surface area contributed by atoms with Crippen molar-refractivity contribution in [3.05, 3.63) is 22.4 Å². The van der Waals surface area contributed by atoms with Crippen LogP contribution < -0.4 is 5.32 Å². The molecule has 0 saturated carbocycles. The maximum atomic E-state index is 12.1. The van der Waals surface area contributed by atoms with Crippen LogP contribution in [0.2, 0.25) is 0 Å². The molecule has 1 atom stereocenters. The Hall–Kier alpha value is -1.56. The summed E-state index contributed by atoms with van der Waals surface area (Å²) in [6.07, 6.45) is 2.18. The van der Waals surface area contributed by atoms with Gasteiger partial charge in [0.15, 0.2) is 0 Å². The third kappa shape index (κ3) is 3.50. The predicted octanol–water partition coefficient (Wildman–Crippen LogP) is 2.19. The van der Waals surface area contributed by atoms with Crippen molar-refractivity contribution in [3.63, 3.8) is 0 Å². The summed E-state index contributed by atoms with van der Waals surface area (Å²) < 4.78 is 0. The summed E-state index contributed by atoms with van der Waals surface area (Å²) in [6, 6.07) is 3.87. The van der Waals surface area contributed by atoms with E-state index in [-0.39, 0.29) is 12.6 Å². The van der Waals surface area contributed by atoms with E-state index in [1.807, 2.05) is 17.5 Å². The number of urea groups is 1. The minimum Gasteiger partial charge on any atom is -0.481 e. The number of piperidine rings is 1. The van der Waals surface area contributed by atoms with Crippen LogP contribution in [-0.4, -0.2) is 41.6 Å². The molecular weight excluding hydrogens is 276 g/mol. The van der Waals surface area contributed by atoms with Crippen LogP contribution in [0, 0.1) is 5.41 Å². The molecular formula is C14H20N2O3S. The monoisotopic (exact) mass is 296 g/mol. The van der Waals surface area contributed by atoms with Gasteiger partial charge in [0.1, 0.15) is 0 Å². The normalized spacial score (nSPS) is 22.6. The van der Waals surface area contributed by atoms with Gasteiger partial charge in [0.05, 0.1) is 5.41 Å². The number of rotatable bonds is 4. The Morgan fingerprint density at radius 2 is 2.35 bits per heavy atom. The molecule has 2 rings (SSSR count). The maximum Gasteiger partial charge on any atom is 0.317 e. The fraction of sp³-hybridized carbons (Fsp3) is 0.571. The topological polar surface area (TPSA) is 69.6 Å². The van der Waals surface area contributed by atoms with Crippen molar-refractivity contribution in [3.8, 4) is 0 Å². The number of carboxylic acid groups (broad SMARTS) is 1. The highest BCUT2D eigenvalue weighted by Gasteiger charge is 2.39. The first-order valence-electron chi connectivity index (χ1n) is 6.80. The van der Waals surface area contributed by atoms with Crippen LogP contribution in [0.15, 0.2) is 17.5 Å². The zero-order valence-electron chi connectivity index (χ0n) is 11.6. The highest BCUT2D eigenvalue weighted by Crippen LogP contribution is 2.29. The number of likely N-dealkylation sites (tertiary alicyclic amines) is 1. The first-order valence-corrected chi connectivity index (χ1v) is 7.68. The molecule has 0 aliphatic carbocycles. The van der Waals surface area contributed by atoms with Crippen molar-refractivity contribution in [2.24, 2.45) is 5.41 Å². The van der Waals surface area contributed by atoms with E-state index in [9.17, 15) is 14.7 Å². The molecule has 0 radical (unpaired) electrons. The molecule has 2 amide bonds. The Labute approximate surface area is 122 Å². The highest BCUT2D eigenvalue weighted by molar-refractivity contribution is 7.09. The molecule has 0 aromatic carbocycles. The summed E-state index contributed by atoms with van der Waals surface area (Å²) in [5.41, 5.74) is -0.816. The lowest BCUT2D eigenvalue weighted by Crippen LogP contribution is -2.51. The Kier molecular flexibility index (Phi) is 4.65. The number of thiophene rings is 1. The summed E-state index contributed by atoms with van der Waals surface area (Å²) in [5.74, 6) is -0.825. The smallest absolute Gasteiger partial charge is 0.317 e. The van der Waals surface area contributed by atoms with Gasteiger partial charge in [-0.15, -0.1) is 11.3 Å². The molecule has 0 bridgehead atoms. The minimum atomic E-state index is -0.825. The zero-order valence-corrected chi connectivity index (χ0v) is 12.4. The number of hydrogen-bond acceptors (Lipinski definition) is 3. The SMILES string of the molecule is CC1(C(=O)O)CCCN(C(=O)NCCc2cccs2)C1. The van der Waals surface area contributed by atoms with Gasteiger partial charge in [-0.3, -0.25) is 4.79 Å². The Morgan fingerprint density at radius 3 is 3.00 bits per heavy atom. The van der Waals surface area contributed by atoms with Crippen LogP contribution in [-0.2, 0) is 11.2 Å². The van der Waals surface area contributed by atoms with Crippen LogP contribution in [0.5, 0.6) is 0 Å². The fourth-order valence-corrected chi connectivity index (χ4v) is 3.16. The van der Waals surface area contributed by atoms with E-state index < -0.39 is 11.4 Å². The van der Waals surface area contributed by atoms with E-state index in [4.69, 9.17) is 0 Å². The molecule has 110 valence electrons. The van der Waals surface area contributed by atoms with E-state index in [1.54, 1.807) is 23.2 Å². The van der Waals surface area contributed by atoms with Crippen molar-refractivity contribution in [2.75, 3.05) is 19.6 Å². The largest absolute Gasteiger partial charge is 0.481 e. The summed E-state index contributed by atoms with van der Waals surface area (Å²) in [7, 11) is 0. The van der Waals surface area contributed by atoms with Gasteiger partial charge in [0.2, 0.25) is 0 Å². The van der Waals surface area contributed by atoms with Crippen molar-refractivity contribution in [1.29, 1.82) is 0 Å². The number of amides is 2. The van der Waals surface area contributed by atoms with Gasteiger partial charge in [-0.1, -0.05) is 6.07 Å². The second-order valence-corrected chi connectivity index (χ2v) is 6.48. The number of hydrogen-bond donors (Lipinski definition) is 2. The predicted molar refractivity (Wildman–Crippen MR) is 78.0 cm³/mol. The van der Waals surface area contributed by atoms with Gasteiger partial charge < -0.3 is 15.3 Å². The molecule has 5 nitrogen and oxygen atoms in total. The second kappa shape index (κ2) is 6.26. The standard InChI is InChI=1S/C14H20N2O3S/c1-14(12(17)18)6-3-8-16(10-14)13(19)15-7-5-11-4-2-9-20-11/h2,4,9H,3,5-8,10H2,1H3,(H,15,19)(H,17,18). The first-order chi connectivity index (χ1) is 9.51. The summed E-state index contributed by atoms with van der Waals surface area (Å²) in [4.78, 5) is 26.2. The average Bonchev–Trinajstić information content (AvgIpc) is 2.91. The van der Waals surface area contributed by atoms with Gasteiger partial charge in [0.25, 0.3) is 0 Å². The lowest BCUT2D eigenvalue weighted by Gasteiger charge is -2.37. The van der Waals surface area contributed by atoms with Crippen molar-refractivity contribution in [2.45, 2.75) is 26.2 Å². The number of nitrogens with one attached hydrogen (secondary N) is 1. The molecule has 1 unspecified atom stereocenters. The van der Waals surface area contributed by atoms with Crippen LogP contribution in [0.4, 0.5) is 4.79 Å². The Bertz CT molecular complexity index is 475. The van der Waals surface area contributed by atoms with Gasteiger partial charge >= 0.3 is 12.0 Å². The second-order valence-electron chi connectivity index (χ2n) is 5.45. The molecule has 1 saturated heterocycles. The molecule has 1 aliphatic heterocycles. The summed E-state index contributed by atoms with van der Waals surface area (Å²) in [5, 5.41) is 14.1. The molecule has 1 aliphatic rings. The summed E-state index contributed by atoms with van der Waals surface area (Å²) >= 11 is 1.67. The fourth-order valence-electron chi connectivity index (χ4n) is 2.45. The molecule has 2 heterocycles. The zero-order chi connectivity index (χ0) is 14.6. The molecule has 1 aromatic rings. The number of aliphatic carboxylic acids is 1. The number of carbonyl (C=O) groups excluding carboxylic acids is 1. The van der Waals surface area contributed by atoms with Gasteiger partial charge in [-0.05, 0) is 37.6 Å². The highest BCUT2D eigenvalue weighted by atomic mass is 32.1. The number of nitrogens with zero attached hydrogens (tertiary/aromatic N) is 1. The van der Waals surface area contributed by atoms with E-state index >= 15 is 0 Å². The van der Waals surface area contributed by atoms with Crippen LogP contribution in [0.1, 0.15) is 24.6 Å². The maximum absolute atomic E-state index is 12.1.